The second-order valence-corrected chi connectivity index (χ2v) is 2.65. The summed E-state index contributed by atoms with van der Waals surface area (Å²) >= 11 is 0. The van der Waals surface area contributed by atoms with Crippen LogP contribution in [0.2, 0.25) is 0 Å². The molecule has 0 unspecified atom stereocenters. The van der Waals surface area contributed by atoms with Crippen molar-refractivity contribution in [1.29, 1.82) is 0 Å². The number of hydrogen-bond donors (Lipinski definition) is 1. The predicted molar refractivity (Wildman–Crippen MR) is 51.1 cm³/mol. The molecule has 0 aliphatic carbocycles. The van der Waals surface area contributed by atoms with Gasteiger partial charge in [0.05, 0.1) is 0 Å². The Morgan fingerprint density at radius 1 is 1.47 bits per heavy atom. The molecule has 1 aromatic carbocycles. The van der Waals surface area contributed by atoms with Crippen molar-refractivity contribution in [2.45, 2.75) is 0 Å². The van der Waals surface area contributed by atoms with Gasteiger partial charge in [-0.3, -0.25) is 0 Å². The maximum absolute atomic E-state index is 12.8. The average molecular weight is 211 g/mol. The van der Waals surface area contributed by atoms with Gasteiger partial charge in [-0.2, -0.15) is 4.39 Å². The largest absolute Gasteiger partial charge is 0.505 e. The molecule has 1 N–H and O–H groups in total. The normalized spacial score (nSPS) is 10.3. The van der Waals surface area contributed by atoms with E-state index in [1.807, 2.05) is 0 Å². The highest BCUT2D eigenvalue weighted by atomic mass is 19.2. The van der Waals surface area contributed by atoms with Crippen LogP contribution in [0.5, 0.6) is 5.75 Å². The van der Waals surface area contributed by atoms with Gasteiger partial charge in [-0.15, -0.1) is 0 Å². The predicted octanol–water partition coefficient (Wildman–Crippen LogP) is 2.99. The van der Waals surface area contributed by atoms with Crippen LogP contribution in [0.4, 0.5) is 8.78 Å². The molecule has 0 bridgehead atoms. The third kappa shape index (κ3) is 2.96. The number of hydrogen-bond acceptors (Lipinski definition) is 2. The fraction of sp³-hybridized carbons (Fsp3) is 0.111. The monoisotopic (exact) mass is 211 g/mol. The zero-order valence-electron chi connectivity index (χ0n) is 7.56. The van der Waals surface area contributed by atoms with E-state index in [-0.39, 0.29) is 6.54 Å². The quantitative estimate of drug-likeness (QED) is 0.466. The molecule has 0 spiro atoms. The van der Waals surface area contributed by atoms with E-state index >= 15 is 0 Å². The van der Waals surface area contributed by atoms with E-state index in [0.717, 1.165) is 12.1 Å². The van der Waals surface area contributed by atoms with Crippen molar-refractivity contribution in [1.82, 2.24) is 0 Å². The first-order valence-corrected chi connectivity index (χ1v) is 4.00. The smallest absolute Gasteiger partial charge is 0.200 e. The molecule has 0 radical (unpaired) electrons. The fourth-order valence-corrected chi connectivity index (χ4v) is 0.964. The summed E-state index contributed by atoms with van der Waals surface area (Å²) in [5.41, 5.74) is 8.25. The summed E-state index contributed by atoms with van der Waals surface area (Å²) in [6, 6.07) is 2.01. The van der Waals surface area contributed by atoms with E-state index in [4.69, 9.17) is 10.6 Å². The molecule has 0 amide bonds. The summed E-state index contributed by atoms with van der Waals surface area (Å²) in [7, 11) is 0. The molecule has 1 rings (SSSR count). The molecular formula is C9H7F2N3O. The minimum Gasteiger partial charge on any atom is -0.505 e. The molecule has 0 heterocycles. The van der Waals surface area contributed by atoms with Gasteiger partial charge in [-0.25, -0.2) is 4.39 Å². The lowest BCUT2D eigenvalue weighted by molar-refractivity contribution is 0.407. The SMILES string of the molecule is [N-]=[N+]=NCC=Cc1cc(O)c(F)c(F)c1. The molecule has 0 fully saturated rings. The van der Waals surface area contributed by atoms with Gasteiger partial charge in [-0.1, -0.05) is 17.3 Å². The van der Waals surface area contributed by atoms with Crippen molar-refractivity contribution in [2.75, 3.05) is 6.54 Å². The van der Waals surface area contributed by atoms with Crippen LogP contribution >= 0.6 is 0 Å². The summed E-state index contributed by atoms with van der Waals surface area (Å²) in [5.74, 6) is -3.15. The topological polar surface area (TPSA) is 69.0 Å². The summed E-state index contributed by atoms with van der Waals surface area (Å²) in [5, 5.41) is 12.2. The summed E-state index contributed by atoms with van der Waals surface area (Å²) in [6.07, 6.45) is 2.88. The van der Waals surface area contributed by atoms with Crippen LogP contribution in [0, 0.1) is 11.6 Å². The van der Waals surface area contributed by atoms with Gasteiger partial charge < -0.3 is 5.11 Å². The number of aromatic hydroxyl groups is 1. The molecule has 6 heteroatoms. The molecule has 0 aliphatic heterocycles. The molecule has 0 aliphatic rings. The Morgan fingerprint density at radius 2 is 2.20 bits per heavy atom. The molecule has 0 saturated heterocycles. The van der Waals surface area contributed by atoms with Crippen molar-refractivity contribution in [2.24, 2.45) is 5.11 Å². The van der Waals surface area contributed by atoms with E-state index in [1.165, 1.54) is 12.2 Å². The average Bonchev–Trinajstić information content (AvgIpc) is 2.21. The summed E-state index contributed by atoms with van der Waals surface area (Å²) < 4.78 is 25.4. The third-order valence-corrected chi connectivity index (χ3v) is 1.59. The first-order valence-electron chi connectivity index (χ1n) is 4.00. The van der Waals surface area contributed by atoms with E-state index in [0.29, 0.717) is 5.56 Å². The molecule has 0 saturated carbocycles. The van der Waals surface area contributed by atoms with Gasteiger partial charge >= 0.3 is 0 Å². The zero-order valence-corrected chi connectivity index (χ0v) is 7.56. The van der Waals surface area contributed by atoms with Crippen LogP contribution < -0.4 is 0 Å². The Kier molecular flexibility index (Phi) is 3.65. The van der Waals surface area contributed by atoms with Gasteiger partial charge in [0.25, 0.3) is 0 Å². The number of phenolic OH excluding ortho intramolecular Hbond substituents is 1. The van der Waals surface area contributed by atoms with Gasteiger partial charge in [-0.05, 0) is 23.2 Å². The van der Waals surface area contributed by atoms with Crippen LogP contribution in [0.25, 0.3) is 16.5 Å². The van der Waals surface area contributed by atoms with Gasteiger partial charge in [0, 0.05) is 11.5 Å². The standard InChI is InChI=1S/C9H7F2N3O/c10-7-4-6(2-1-3-13-14-12)5-8(15)9(7)11/h1-2,4-5,15H,3H2. The first kappa shape index (κ1) is 11.0. The van der Waals surface area contributed by atoms with Crippen molar-refractivity contribution < 1.29 is 13.9 Å². The van der Waals surface area contributed by atoms with Crippen molar-refractivity contribution in [3.63, 3.8) is 0 Å². The van der Waals surface area contributed by atoms with E-state index < -0.39 is 17.4 Å². The molecule has 4 nitrogen and oxygen atoms in total. The Bertz CT molecular complexity index is 416. The molecule has 0 aromatic heterocycles. The first-order chi connectivity index (χ1) is 7.15. The van der Waals surface area contributed by atoms with E-state index in [2.05, 4.69) is 10.0 Å². The highest BCUT2D eigenvalue weighted by Gasteiger charge is 2.07. The fourth-order valence-electron chi connectivity index (χ4n) is 0.964. The molecule has 78 valence electrons. The minimum atomic E-state index is -1.28. The maximum atomic E-state index is 12.8. The van der Waals surface area contributed by atoms with Crippen LogP contribution in [-0.4, -0.2) is 11.7 Å². The Balaban J connectivity index is 2.87. The molecule has 0 atom stereocenters. The van der Waals surface area contributed by atoms with E-state index in [9.17, 15) is 8.78 Å². The van der Waals surface area contributed by atoms with Crippen molar-refractivity contribution >= 4 is 6.08 Å². The Hall–Kier alpha value is -2.07. The van der Waals surface area contributed by atoms with Crippen molar-refractivity contribution in [3.05, 3.63) is 45.8 Å². The summed E-state index contributed by atoms with van der Waals surface area (Å²) in [6.45, 7) is 0.107. The zero-order chi connectivity index (χ0) is 11.3. The minimum absolute atomic E-state index is 0.107. The van der Waals surface area contributed by atoms with E-state index in [1.54, 1.807) is 0 Å². The number of rotatable bonds is 3. The molecular weight excluding hydrogens is 204 g/mol. The van der Waals surface area contributed by atoms with Gasteiger partial charge in [0.2, 0.25) is 0 Å². The van der Waals surface area contributed by atoms with Gasteiger partial charge in [0.1, 0.15) is 0 Å². The highest BCUT2D eigenvalue weighted by molar-refractivity contribution is 5.52. The Labute approximate surface area is 84.1 Å². The summed E-state index contributed by atoms with van der Waals surface area (Å²) in [4.78, 5) is 2.51. The number of nitrogens with zero attached hydrogens (tertiary/aromatic N) is 3. The second-order valence-electron chi connectivity index (χ2n) is 2.65. The second kappa shape index (κ2) is 4.97. The number of halogens is 2. The van der Waals surface area contributed by atoms with Crippen LogP contribution in [0.1, 0.15) is 5.56 Å². The lowest BCUT2D eigenvalue weighted by Crippen LogP contribution is -1.86. The molecule has 15 heavy (non-hydrogen) atoms. The Morgan fingerprint density at radius 3 is 2.80 bits per heavy atom. The highest BCUT2D eigenvalue weighted by Crippen LogP contribution is 2.21. The lowest BCUT2D eigenvalue weighted by Gasteiger charge is -1.98. The third-order valence-electron chi connectivity index (χ3n) is 1.59. The number of azide groups is 1. The maximum Gasteiger partial charge on any atom is 0.200 e. The van der Waals surface area contributed by atoms with Crippen LogP contribution in [-0.2, 0) is 0 Å². The number of phenols is 1. The number of benzene rings is 1. The lowest BCUT2D eigenvalue weighted by atomic mass is 10.2. The van der Waals surface area contributed by atoms with Crippen LogP contribution in [0.15, 0.2) is 23.3 Å². The van der Waals surface area contributed by atoms with Crippen LogP contribution in [0.3, 0.4) is 0 Å². The van der Waals surface area contributed by atoms with Crippen molar-refractivity contribution in [3.8, 4) is 5.75 Å². The molecule has 1 aromatic rings. The van der Waals surface area contributed by atoms with Gasteiger partial charge in [0.15, 0.2) is 17.4 Å².